The summed E-state index contributed by atoms with van der Waals surface area (Å²) in [6, 6.07) is 5.15. The minimum absolute atomic E-state index is 0.310. The number of rotatable bonds is 6. The molecule has 19 heavy (non-hydrogen) atoms. The van der Waals surface area contributed by atoms with E-state index in [4.69, 9.17) is 25.8 Å². The van der Waals surface area contributed by atoms with E-state index < -0.39 is 5.97 Å². The molecule has 1 aromatic carbocycles. The summed E-state index contributed by atoms with van der Waals surface area (Å²) in [5.41, 5.74) is 0. The van der Waals surface area contributed by atoms with Gasteiger partial charge in [0.15, 0.2) is 0 Å². The highest BCUT2D eigenvalue weighted by Gasteiger charge is 2.10. The van der Waals surface area contributed by atoms with Crippen LogP contribution in [0.5, 0.6) is 11.5 Å². The first-order valence-electron chi connectivity index (χ1n) is 5.56. The van der Waals surface area contributed by atoms with E-state index in [1.165, 1.54) is 13.2 Å². The lowest BCUT2D eigenvalue weighted by Gasteiger charge is -2.11. The van der Waals surface area contributed by atoms with Crippen molar-refractivity contribution in [2.45, 2.75) is 6.92 Å². The summed E-state index contributed by atoms with van der Waals surface area (Å²) in [5, 5.41) is 0.708. The quantitative estimate of drug-likeness (QED) is 0.341. The number of carbonyl (C=O) groups is 1. The zero-order valence-corrected chi connectivity index (χ0v) is 13.0. The molecule has 1 aromatic rings. The predicted molar refractivity (Wildman–Crippen MR) is 77.1 cm³/mol. The Balaban J connectivity index is 2.90. The van der Waals surface area contributed by atoms with Crippen molar-refractivity contribution in [3.05, 3.63) is 35.1 Å². The number of hydrogen-bond donors (Lipinski definition) is 0. The molecule has 0 saturated carbocycles. The van der Waals surface area contributed by atoms with Crippen molar-refractivity contribution in [3.8, 4) is 11.5 Å². The van der Waals surface area contributed by atoms with E-state index in [2.05, 4.69) is 15.9 Å². The molecule has 4 nitrogen and oxygen atoms in total. The highest BCUT2D eigenvalue weighted by Crippen LogP contribution is 2.34. The highest BCUT2D eigenvalue weighted by atomic mass is 79.9. The SMILES string of the molecule is CCOC(=O)C=C(CBr)Oc1cccc(OC)c1Cl. The Morgan fingerprint density at radius 1 is 1.42 bits per heavy atom. The fraction of sp³-hybridized carbons (Fsp3) is 0.308. The molecule has 104 valence electrons. The van der Waals surface area contributed by atoms with Crippen LogP contribution < -0.4 is 9.47 Å². The molecule has 0 heterocycles. The van der Waals surface area contributed by atoms with Crippen LogP contribution in [0.3, 0.4) is 0 Å². The molecular weight excluding hydrogens is 335 g/mol. The van der Waals surface area contributed by atoms with Crippen LogP contribution in [0.15, 0.2) is 30.0 Å². The fourth-order valence-corrected chi connectivity index (χ4v) is 1.80. The lowest BCUT2D eigenvalue weighted by atomic mass is 10.3. The topological polar surface area (TPSA) is 44.8 Å². The summed E-state index contributed by atoms with van der Waals surface area (Å²) in [4.78, 5) is 11.4. The van der Waals surface area contributed by atoms with Crippen LogP contribution in [-0.2, 0) is 9.53 Å². The number of hydrogen-bond acceptors (Lipinski definition) is 4. The maximum atomic E-state index is 11.4. The van der Waals surface area contributed by atoms with Crippen molar-refractivity contribution in [3.63, 3.8) is 0 Å². The number of halogens is 2. The second-order valence-corrected chi connectivity index (χ2v) is 4.31. The molecule has 0 fully saturated rings. The molecular formula is C13H14BrClO4. The van der Waals surface area contributed by atoms with Crippen molar-refractivity contribution in [1.29, 1.82) is 0 Å². The van der Waals surface area contributed by atoms with Gasteiger partial charge in [-0.2, -0.15) is 0 Å². The maximum absolute atomic E-state index is 11.4. The van der Waals surface area contributed by atoms with E-state index in [1.54, 1.807) is 25.1 Å². The number of allylic oxidation sites excluding steroid dienone is 1. The number of methoxy groups -OCH3 is 1. The monoisotopic (exact) mass is 348 g/mol. The Labute approximate surface area is 125 Å². The Kier molecular flexibility index (Phi) is 6.73. The van der Waals surface area contributed by atoms with Gasteiger partial charge >= 0.3 is 5.97 Å². The Morgan fingerprint density at radius 3 is 2.68 bits per heavy atom. The number of benzene rings is 1. The zero-order valence-electron chi connectivity index (χ0n) is 10.6. The Morgan fingerprint density at radius 2 is 2.11 bits per heavy atom. The van der Waals surface area contributed by atoms with Gasteiger partial charge in [0.25, 0.3) is 0 Å². The van der Waals surface area contributed by atoms with Crippen molar-refractivity contribution in [2.24, 2.45) is 0 Å². The largest absolute Gasteiger partial charge is 0.495 e. The summed E-state index contributed by atoms with van der Waals surface area (Å²) < 4.78 is 15.5. The van der Waals surface area contributed by atoms with Gasteiger partial charge in [0.1, 0.15) is 22.3 Å². The lowest BCUT2D eigenvalue weighted by Crippen LogP contribution is -2.05. The van der Waals surface area contributed by atoms with Gasteiger partial charge in [0.2, 0.25) is 0 Å². The van der Waals surface area contributed by atoms with Crippen LogP contribution in [0.1, 0.15) is 6.92 Å². The number of esters is 1. The third-order valence-corrected chi connectivity index (χ3v) is 3.01. The van der Waals surface area contributed by atoms with Gasteiger partial charge in [-0.1, -0.05) is 33.6 Å². The van der Waals surface area contributed by atoms with Gasteiger partial charge < -0.3 is 14.2 Å². The molecule has 0 atom stereocenters. The van der Waals surface area contributed by atoms with Gasteiger partial charge in [0.05, 0.1) is 25.1 Å². The number of ether oxygens (including phenoxy) is 3. The van der Waals surface area contributed by atoms with E-state index in [9.17, 15) is 4.79 Å². The molecule has 0 aliphatic carbocycles. The third-order valence-electron chi connectivity index (χ3n) is 2.09. The smallest absolute Gasteiger partial charge is 0.334 e. The first kappa shape index (κ1) is 15.9. The normalized spacial score (nSPS) is 11.1. The highest BCUT2D eigenvalue weighted by molar-refractivity contribution is 9.09. The van der Waals surface area contributed by atoms with Crippen LogP contribution in [0, 0.1) is 0 Å². The third kappa shape index (κ3) is 4.76. The number of carbonyl (C=O) groups excluding carboxylic acids is 1. The summed E-state index contributed by atoms with van der Waals surface area (Å²) in [7, 11) is 1.52. The van der Waals surface area contributed by atoms with Crippen molar-refractivity contribution in [1.82, 2.24) is 0 Å². The van der Waals surface area contributed by atoms with Crippen LogP contribution >= 0.6 is 27.5 Å². The standard InChI is InChI=1S/C13H14BrClO4/c1-3-18-12(16)7-9(8-14)19-11-6-4-5-10(17-2)13(11)15/h4-7H,3,8H2,1-2H3. The molecule has 0 aliphatic rings. The first-order valence-corrected chi connectivity index (χ1v) is 7.06. The Bertz CT molecular complexity index is 474. The van der Waals surface area contributed by atoms with E-state index in [1.807, 2.05) is 0 Å². The second-order valence-electron chi connectivity index (χ2n) is 3.37. The molecule has 0 spiro atoms. The van der Waals surface area contributed by atoms with Crippen LogP contribution in [0.4, 0.5) is 0 Å². The molecule has 0 aromatic heterocycles. The van der Waals surface area contributed by atoms with E-state index >= 15 is 0 Å². The molecule has 0 aliphatic heterocycles. The predicted octanol–water partition coefficient (Wildman–Crippen LogP) is 3.57. The Hall–Kier alpha value is -1.20. The van der Waals surface area contributed by atoms with E-state index in [-0.39, 0.29) is 0 Å². The fourth-order valence-electron chi connectivity index (χ4n) is 1.28. The minimum Gasteiger partial charge on any atom is -0.495 e. The second kappa shape index (κ2) is 8.07. The molecule has 0 saturated heterocycles. The molecule has 0 bridgehead atoms. The summed E-state index contributed by atoms with van der Waals surface area (Å²) >= 11 is 9.34. The molecule has 0 unspecified atom stereocenters. The first-order chi connectivity index (χ1) is 9.12. The van der Waals surface area contributed by atoms with Crippen LogP contribution in [0.25, 0.3) is 0 Å². The van der Waals surface area contributed by atoms with Gasteiger partial charge in [0, 0.05) is 0 Å². The van der Waals surface area contributed by atoms with Crippen molar-refractivity contribution in [2.75, 3.05) is 19.0 Å². The summed E-state index contributed by atoms with van der Waals surface area (Å²) in [6.45, 7) is 2.05. The number of alkyl halides is 1. The van der Waals surface area contributed by atoms with E-state index in [0.717, 1.165) is 0 Å². The molecule has 6 heteroatoms. The molecule has 0 amide bonds. The van der Waals surface area contributed by atoms with Gasteiger partial charge in [-0.25, -0.2) is 4.79 Å². The van der Waals surface area contributed by atoms with E-state index in [0.29, 0.717) is 34.2 Å². The van der Waals surface area contributed by atoms with Gasteiger partial charge in [-0.05, 0) is 19.1 Å². The molecule has 0 N–H and O–H groups in total. The van der Waals surface area contributed by atoms with Crippen molar-refractivity contribution < 1.29 is 19.0 Å². The van der Waals surface area contributed by atoms with Crippen LogP contribution in [-0.4, -0.2) is 25.0 Å². The molecule has 0 radical (unpaired) electrons. The molecule has 1 rings (SSSR count). The van der Waals surface area contributed by atoms with Gasteiger partial charge in [-0.3, -0.25) is 0 Å². The average Bonchev–Trinajstić information content (AvgIpc) is 2.40. The summed E-state index contributed by atoms with van der Waals surface area (Å²) in [6.07, 6.45) is 1.27. The maximum Gasteiger partial charge on any atom is 0.334 e. The van der Waals surface area contributed by atoms with Crippen LogP contribution in [0.2, 0.25) is 5.02 Å². The average molecular weight is 350 g/mol. The van der Waals surface area contributed by atoms with Gasteiger partial charge in [-0.15, -0.1) is 0 Å². The lowest BCUT2D eigenvalue weighted by molar-refractivity contribution is -0.137. The zero-order chi connectivity index (χ0) is 14.3. The van der Waals surface area contributed by atoms with Crippen molar-refractivity contribution >= 4 is 33.5 Å². The minimum atomic E-state index is -0.462. The summed E-state index contributed by atoms with van der Waals surface area (Å²) in [5.74, 6) is 0.852.